The van der Waals surface area contributed by atoms with E-state index in [2.05, 4.69) is 15.4 Å². The summed E-state index contributed by atoms with van der Waals surface area (Å²) in [4.78, 5) is 40.6. The molecule has 0 aliphatic heterocycles. The minimum Gasteiger partial charge on any atom is -0.451 e. The fourth-order valence-corrected chi connectivity index (χ4v) is 5.57. The van der Waals surface area contributed by atoms with Crippen molar-refractivity contribution in [2.45, 2.75) is 6.92 Å². The number of aromatic nitrogens is 3. The van der Waals surface area contributed by atoms with Crippen LogP contribution in [0.25, 0.3) is 26.1 Å². The predicted molar refractivity (Wildman–Crippen MR) is 134 cm³/mol. The van der Waals surface area contributed by atoms with Crippen molar-refractivity contribution in [2.24, 2.45) is 0 Å². The molecule has 0 saturated heterocycles. The molecule has 1 amide bonds. The molecule has 0 fully saturated rings. The summed E-state index contributed by atoms with van der Waals surface area (Å²) in [5.74, 6) is -1.22. The maximum Gasteiger partial charge on any atom is 0.348 e. The number of aryl methyl sites for hydroxylation is 1. The van der Waals surface area contributed by atoms with Gasteiger partial charge in [0.2, 0.25) is 0 Å². The SMILES string of the molecule is Cc1nn(-c2ccccc2Cl)c2sc(C(=O)OCC(=O)Nc3nc4ccc([N+](=O)[O-])cc4s3)cc12. The van der Waals surface area contributed by atoms with Gasteiger partial charge in [-0.05, 0) is 31.2 Å². The van der Waals surface area contributed by atoms with Gasteiger partial charge in [-0.1, -0.05) is 35.1 Å². The molecule has 3 aromatic heterocycles. The van der Waals surface area contributed by atoms with E-state index >= 15 is 0 Å². The summed E-state index contributed by atoms with van der Waals surface area (Å²) in [5.41, 5.74) is 1.86. The number of nitro groups is 1. The molecule has 0 unspecified atom stereocenters. The summed E-state index contributed by atoms with van der Waals surface area (Å²) < 4.78 is 7.42. The number of esters is 1. The molecule has 0 atom stereocenters. The number of anilines is 1. The molecule has 0 saturated carbocycles. The first-order valence-corrected chi connectivity index (χ1v) is 12.1. The third-order valence-electron chi connectivity index (χ3n) is 4.99. The number of ether oxygens (including phenoxy) is 1. The second-order valence-electron chi connectivity index (χ2n) is 7.33. The van der Waals surface area contributed by atoms with Crippen LogP contribution in [0.5, 0.6) is 0 Å². The Kier molecular flexibility index (Phi) is 5.93. The zero-order chi connectivity index (χ0) is 24.7. The Hall–Kier alpha value is -3.87. The van der Waals surface area contributed by atoms with Crippen LogP contribution in [0.2, 0.25) is 5.02 Å². The fourth-order valence-electron chi connectivity index (χ4n) is 3.37. The van der Waals surface area contributed by atoms with Crippen molar-refractivity contribution in [1.29, 1.82) is 0 Å². The number of para-hydroxylation sites is 1. The van der Waals surface area contributed by atoms with Crippen LogP contribution in [0.4, 0.5) is 10.8 Å². The zero-order valence-electron chi connectivity index (χ0n) is 17.9. The smallest absolute Gasteiger partial charge is 0.348 e. The number of non-ortho nitro benzene ring substituents is 1. The summed E-state index contributed by atoms with van der Waals surface area (Å²) in [5, 5.41) is 19.5. The highest BCUT2D eigenvalue weighted by Gasteiger charge is 2.20. The molecule has 0 aliphatic carbocycles. The van der Waals surface area contributed by atoms with Crippen molar-refractivity contribution in [3.63, 3.8) is 0 Å². The molecule has 0 aliphatic rings. The van der Waals surface area contributed by atoms with Crippen LogP contribution in [0.15, 0.2) is 48.5 Å². The van der Waals surface area contributed by atoms with Gasteiger partial charge >= 0.3 is 5.97 Å². The number of halogens is 1. The van der Waals surface area contributed by atoms with E-state index in [1.165, 1.54) is 29.5 Å². The number of hydrogen-bond acceptors (Lipinski definition) is 9. The Morgan fingerprint density at radius 3 is 2.77 bits per heavy atom. The number of nitro benzene ring substituents is 1. The normalized spacial score (nSPS) is 11.1. The first kappa shape index (κ1) is 22.9. The van der Waals surface area contributed by atoms with Crippen molar-refractivity contribution in [3.8, 4) is 5.69 Å². The van der Waals surface area contributed by atoms with Crippen molar-refractivity contribution >= 4 is 77.4 Å². The van der Waals surface area contributed by atoms with Gasteiger partial charge in [-0.25, -0.2) is 14.5 Å². The number of carbonyl (C=O) groups excluding carboxylic acids is 2. The number of amides is 1. The molecular weight excluding hydrogens is 514 g/mol. The van der Waals surface area contributed by atoms with Gasteiger partial charge < -0.3 is 4.74 Å². The average molecular weight is 528 g/mol. The highest BCUT2D eigenvalue weighted by molar-refractivity contribution is 7.22. The van der Waals surface area contributed by atoms with Gasteiger partial charge in [0.15, 0.2) is 11.7 Å². The lowest BCUT2D eigenvalue weighted by atomic mass is 10.3. The Labute approximate surface area is 209 Å². The Morgan fingerprint density at radius 1 is 1.20 bits per heavy atom. The van der Waals surface area contributed by atoms with E-state index < -0.39 is 23.4 Å². The first-order chi connectivity index (χ1) is 16.8. The third-order valence-corrected chi connectivity index (χ3v) is 7.33. The lowest BCUT2D eigenvalue weighted by Gasteiger charge is -2.04. The van der Waals surface area contributed by atoms with E-state index in [-0.39, 0.29) is 10.8 Å². The summed E-state index contributed by atoms with van der Waals surface area (Å²) >= 11 is 8.59. The first-order valence-electron chi connectivity index (χ1n) is 10.1. The molecule has 10 nitrogen and oxygen atoms in total. The van der Waals surface area contributed by atoms with E-state index in [9.17, 15) is 19.7 Å². The van der Waals surface area contributed by atoms with E-state index in [0.717, 1.165) is 27.2 Å². The molecule has 5 rings (SSSR count). The second kappa shape index (κ2) is 9.06. The van der Waals surface area contributed by atoms with Gasteiger partial charge in [0.05, 0.1) is 31.5 Å². The van der Waals surface area contributed by atoms with E-state index in [1.54, 1.807) is 16.8 Å². The minimum absolute atomic E-state index is 0.0656. The molecule has 0 radical (unpaired) electrons. The number of rotatable bonds is 6. The molecule has 1 N–H and O–H groups in total. The molecule has 13 heteroatoms. The zero-order valence-corrected chi connectivity index (χ0v) is 20.2. The lowest BCUT2D eigenvalue weighted by Crippen LogP contribution is -2.20. The van der Waals surface area contributed by atoms with Gasteiger partial charge in [-0.2, -0.15) is 5.10 Å². The monoisotopic (exact) mass is 527 g/mol. The van der Waals surface area contributed by atoms with E-state index in [0.29, 0.717) is 25.8 Å². The number of thiazole rings is 1. The predicted octanol–water partition coefficient (Wildman–Crippen LogP) is 5.36. The van der Waals surface area contributed by atoms with Crippen molar-refractivity contribution < 1.29 is 19.2 Å². The second-order valence-corrected chi connectivity index (χ2v) is 9.80. The molecule has 176 valence electrons. The van der Waals surface area contributed by atoms with Crippen molar-refractivity contribution in [1.82, 2.24) is 14.8 Å². The number of benzene rings is 2. The maximum absolute atomic E-state index is 12.6. The average Bonchev–Trinajstić information content (AvgIpc) is 3.51. The molecule has 0 bridgehead atoms. The highest BCUT2D eigenvalue weighted by atomic mass is 35.5. The molecule has 5 aromatic rings. The number of nitrogens with zero attached hydrogens (tertiary/aromatic N) is 4. The molecular formula is C22H14ClN5O5S2. The number of nitrogens with one attached hydrogen (secondary N) is 1. The Morgan fingerprint density at radius 2 is 2.00 bits per heavy atom. The van der Waals surface area contributed by atoms with Crippen LogP contribution in [0.1, 0.15) is 15.4 Å². The largest absolute Gasteiger partial charge is 0.451 e. The van der Waals surface area contributed by atoms with Crippen LogP contribution in [-0.2, 0) is 9.53 Å². The summed E-state index contributed by atoms with van der Waals surface area (Å²) in [6.07, 6.45) is 0. The topological polar surface area (TPSA) is 129 Å². The molecule has 0 spiro atoms. The summed E-state index contributed by atoms with van der Waals surface area (Å²) in [6, 6.07) is 13.2. The number of fused-ring (bicyclic) bond motifs is 2. The van der Waals surface area contributed by atoms with Crippen LogP contribution in [0.3, 0.4) is 0 Å². The molecule has 2 aromatic carbocycles. The Balaban J connectivity index is 1.28. The summed E-state index contributed by atoms with van der Waals surface area (Å²) in [6.45, 7) is 1.32. The van der Waals surface area contributed by atoms with Gasteiger partial charge in [-0.3, -0.25) is 20.2 Å². The van der Waals surface area contributed by atoms with Gasteiger partial charge in [0.25, 0.3) is 11.6 Å². The van der Waals surface area contributed by atoms with Crippen LogP contribution in [-0.4, -0.2) is 38.2 Å². The van der Waals surface area contributed by atoms with Crippen LogP contribution in [0, 0.1) is 17.0 Å². The van der Waals surface area contributed by atoms with Crippen molar-refractivity contribution in [3.05, 3.63) is 74.2 Å². The van der Waals surface area contributed by atoms with Gasteiger partial charge in [0, 0.05) is 17.5 Å². The number of thiophene rings is 1. The minimum atomic E-state index is -0.647. The lowest BCUT2D eigenvalue weighted by molar-refractivity contribution is -0.384. The van der Waals surface area contributed by atoms with Gasteiger partial charge in [0.1, 0.15) is 9.71 Å². The molecule has 3 heterocycles. The molecule has 35 heavy (non-hydrogen) atoms. The Bertz CT molecular complexity index is 1640. The van der Waals surface area contributed by atoms with Crippen LogP contribution >= 0.6 is 34.3 Å². The maximum atomic E-state index is 12.6. The van der Waals surface area contributed by atoms with Crippen LogP contribution < -0.4 is 5.32 Å². The fraction of sp³-hybridized carbons (Fsp3) is 0.0909. The van der Waals surface area contributed by atoms with Crippen molar-refractivity contribution in [2.75, 3.05) is 11.9 Å². The van der Waals surface area contributed by atoms with Gasteiger partial charge in [-0.15, -0.1) is 11.3 Å². The highest BCUT2D eigenvalue weighted by Crippen LogP contribution is 2.33. The van der Waals surface area contributed by atoms with E-state index in [4.69, 9.17) is 16.3 Å². The summed E-state index contributed by atoms with van der Waals surface area (Å²) in [7, 11) is 0. The standard InChI is InChI=1S/C22H14ClN5O5S2/c1-11-13-9-18(34-20(13)27(26-11)16-5-3-2-4-14(16)23)21(30)33-10-19(29)25-22-24-15-7-6-12(28(31)32)8-17(15)35-22/h2-9H,10H2,1H3,(H,24,25,29). The third kappa shape index (κ3) is 4.46. The quantitative estimate of drug-likeness (QED) is 0.179. The number of carbonyl (C=O) groups is 2. The van der Waals surface area contributed by atoms with E-state index in [1.807, 2.05) is 25.1 Å². The number of hydrogen-bond donors (Lipinski definition) is 1.